The molecule has 3 heteroatoms. The van der Waals surface area contributed by atoms with Crippen LogP contribution in [0.1, 0.15) is 0 Å². The molecule has 1 heterocycles. The van der Waals surface area contributed by atoms with Crippen LogP contribution in [0.4, 0.5) is 5.69 Å². The van der Waals surface area contributed by atoms with E-state index < -0.39 is 0 Å². The third-order valence-electron chi connectivity index (χ3n) is 0.876. The molecule has 0 aliphatic rings. The van der Waals surface area contributed by atoms with Crippen molar-refractivity contribution in [2.45, 2.75) is 0 Å². The van der Waals surface area contributed by atoms with Crippen LogP contribution >= 0.6 is 12.2 Å². The number of anilines is 1. The average Bonchev–Trinajstić information content (AvgIpc) is 1.91. The number of nitrogens with one attached hydrogen (secondary N) is 1. The highest BCUT2D eigenvalue weighted by atomic mass is 32.1. The van der Waals surface area contributed by atoms with Crippen molar-refractivity contribution in [3.8, 4) is 0 Å². The summed E-state index contributed by atoms with van der Waals surface area (Å²) in [5.74, 6) is 0. The molecule has 0 spiro atoms. The molecule has 9 heavy (non-hydrogen) atoms. The first-order valence-corrected chi connectivity index (χ1v) is 2.87. The second kappa shape index (κ2) is 3.14. The van der Waals surface area contributed by atoms with Crippen LogP contribution in [-0.2, 0) is 0 Å². The van der Waals surface area contributed by atoms with E-state index in [0.29, 0.717) is 0 Å². The predicted molar refractivity (Wildman–Crippen MR) is 40.5 cm³/mol. The minimum absolute atomic E-state index is 0.917. The molecule has 1 N–H and O–H groups in total. The van der Waals surface area contributed by atoms with Crippen LogP contribution in [0.25, 0.3) is 0 Å². The van der Waals surface area contributed by atoms with Crippen molar-refractivity contribution in [3.63, 3.8) is 0 Å². The van der Waals surface area contributed by atoms with E-state index in [0.717, 1.165) is 5.69 Å². The third kappa shape index (κ3) is 1.77. The van der Waals surface area contributed by atoms with Gasteiger partial charge in [0.05, 0.1) is 0 Å². The summed E-state index contributed by atoms with van der Waals surface area (Å²) in [5, 5.41) is 2.73. The lowest BCUT2D eigenvalue weighted by Crippen LogP contribution is -1.90. The van der Waals surface area contributed by atoms with Crippen LogP contribution in [-0.4, -0.2) is 10.5 Å². The molecule has 0 aliphatic carbocycles. The molecule has 0 atom stereocenters. The number of aromatic nitrogens is 1. The van der Waals surface area contributed by atoms with E-state index in [1.54, 1.807) is 12.4 Å². The molecule has 0 saturated carbocycles. The summed E-state index contributed by atoms with van der Waals surface area (Å²) in [6.45, 7) is 0. The highest BCUT2D eigenvalue weighted by Gasteiger charge is 1.81. The molecule has 1 aromatic rings. The number of pyridine rings is 1. The highest BCUT2D eigenvalue weighted by Crippen LogP contribution is 1.99. The Morgan fingerprint density at radius 2 is 2.11 bits per heavy atom. The smallest absolute Gasteiger partial charge is 0.138 e. The zero-order chi connectivity index (χ0) is 6.53. The van der Waals surface area contributed by atoms with Gasteiger partial charge in [-0.25, -0.2) is 0 Å². The maximum absolute atomic E-state index is 4.45. The first-order valence-electron chi connectivity index (χ1n) is 2.46. The third-order valence-corrected chi connectivity index (χ3v) is 0.978. The summed E-state index contributed by atoms with van der Waals surface area (Å²) in [6, 6.07) is 3.64. The van der Waals surface area contributed by atoms with E-state index in [2.05, 4.69) is 28.0 Å². The van der Waals surface area contributed by atoms with Gasteiger partial charge in [0.15, 0.2) is 0 Å². The Kier molecular flexibility index (Phi) is 2.15. The van der Waals surface area contributed by atoms with Gasteiger partial charge in [0.2, 0.25) is 0 Å². The Bertz CT molecular complexity index is 186. The molecule has 0 aromatic carbocycles. The molecule has 1 rings (SSSR count). The minimum Gasteiger partial charge on any atom is -0.344 e. The molecule has 0 amide bonds. The van der Waals surface area contributed by atoms with Crippen molar-refractivity contribution in [1.29, 1.82) is 0 Å². The molecule has 0 aliphatic heterocycles. The summed E-state index contributed by atoms with van der Waals surface area (Å²) in [6.07, 6.45) is 3.38. The monoisotopic (exact) mass is 137 g/mol. The lowest BCUT2D eigenvalue weighted by molar-refractivity contribution is 1.33. The average molecular weight is 137 g/mol. The molecule has 1 radical (unpaired) electrons. The number of rotatable bonds is 2. The van der Waals surface area contributed by atoms with Crippen LogP contribution in [0.5, 0.6) is 0 Å². The van der Waals surface area contributed by atoms with Gasteiger partial charge in [-0.1, -0.05) is 12.2 Å². The standard InChI is InChI=1S/C6H5N2S/c9-5-8-6-1-3-7-4-2-6/h1-4H,(H,7,8,9). The second-order valence-corrected chi connectivity index (χ2v) is 1.67. The number of nitrogens with zero attached hydrogens (tertiary/aromatic N) is 1. The van der Waals surface area contributed by atoms with E-state index in [9.17, 15) is 0 Å². The fraction of sp³-hybridized carbons (Fsp3) is 0. The van der Waals surface area contributed by atoms with Crippen LogP contribution in [0.2, 0.25) is 0 Å². The van der Waals surface area contributed by atoms with Gasteiger partial charge >= 0.3 is 0 Å². The Hall–Kier alpha value is -0.960. The first-order chi connectivity index (χ1) is 4.43. The first kappa shape index (κ1) is 6.16. The summed E-state index contributed by atoms with van der Waals surface area (Å²) in [4.78, 5) is 3.83. The van der Waals surface area contributed by atoms with Gasteiger partial charge in [-0.05, 0) is 12.1 Å². The largest absolute Gasteiger partial charge is 0.344 e. The normalized spacial score (nSPS) is 8.44. The summed E-state index contributed by atoms with van der Waals surface area (Å²) in [7, 11) is 0. The Morgan fingerprint density at radius 1 is 1.44 bits per heavy atom. The summed E-state index contributed by atoms with van der Waals surface area (Å²) >= 11 is 4.45. The lowest BCUT2D eigenvalue weighted by Gasteiger charge is -1.93. The number of thiocarbonyl (C=S) groups is 1. The fourth-order valence-electron chi connectivity index (χ4n) is 0.494. The molecule has 0 saturated heterocycles. The van der Waals surface area contributed by atoms with Crippen LogP contribution in [0.3, 0.4) is 0 Å². The van der Waals surface area contributed by atoms with Crippen molar-refractivity contribution in [2.24, 2.45) is 0 Å². The van der Waals surface area contributed by atoms with Crippen molar-refractivity contribution in [2.75, 3.05) is 5.32 Å². The summed E-state index contributed by atoms with van der Waals surface area (Å²) < 4.78 is 0. The maximum Gasteiger partial charge on any atom is 0.138 e. The predicted octanol–water partition coefficient (Wildman–Crippen LogP) is 1.33. The molecule has 0 unspecified atom stereocenters. The van der Waals surface area contributed by atoms with E-state index in [1.807, 2.05) is 12.1 Å². The molecule has 2 nitrogen and oxygen atoms in total. The van der Waals surface area contributed by atoms with Crippen molar-refractivity contribution < 1.29 is 0 Å². The van der Waals surface area contributed by atoms with Gasteiger partial charge in [0.25, 0.3) is 0 Å². The van der Waals surface area contributed by atoms with Gasteiger partial charge < -0.3 is 5.32 Å². The van der Waals surface area contributed by atoms with Crippen LogP contribution in [0.15, 0.2) is 24.5 Å². The maximum atomic E-state index is 4.45. The molecule has 0 bridgehead atoms. The van der Waals surface area contributed by atoms with Crippen molar-refractivity contribution in [3.05, 3.63) is 24.5 Å². The molecular weight excluding hydrogens is 132 g/mol. The van der Waals surface area contributed by atoms with Gasteiger partial charge in [-0.3, -0.25) is 4.98 Å². The SMILES string of the molecule is S=[C]Nc1ccncc1. The zero-order valence-corrected chi connectivity index (χ0v) is 5.48. The number of hydrogen-bond donors (Lipinski definition) is 1. The summed E-state index contributed by atoms with van der Waals surface area (Å²) in [5.41, 5.74) is 3.31. The van der Waals surface area contributed by atoms with Crippen molar-refractivity contribution in [1.82, 2.24) is 4.98 Å². The van der Waals surface area contributed by atoms with Crippen LogP contribution in [0, 0.1) is 0 Å². The van der Waals surface area contributed by atoms with Crippen molar-refractivity contribution >= 4 is 23.4 Å². The van der Waals surface area contributed by atoms with E-state index >= 15 is 0 Å². The fourth-order valence-corrected chi connectivity index (χ4v) is 0.612. The Balaban J connectivity index is 2.72. The van der Waals surface area contributed by atoms with Gasteiger partial charge in [0, 0.05) is 18.1 Å². The lowest BCUT2D eigenvalue weighted by atomic mass is 10.4. The minimum atomic E-state index is 0.917. The second-order valence-electron chi connectivity index (χ2n) is 1.46. The number of hydrogen-bond acceptors (Lipinski definition) is 2. The zero-order valence-electron chi connectivity index (χ0n) is 4.66. The quantitative estimate of drug-likeness (QED) is 0.491. The Labute approximate surface area is 58.9 Å². The van der Waals surface area contributed by atoms with E-state index in [-0.39, 0.29) is 0 Å². The van der Waals surface area contributed by atoms with E-state index in [4.69, 9.17) is 0 Å². The highest BCUT2D eigenvalue weighted by molar-refractivity contribution is 7.79. The molecule has 45 valence electrons. The topological polar surface area (TPSA) is 24.9 Å². The Morgan fingerprint density at radius 3 is 2.67 bits per heavy atom. The molecule has 0 fully saturated rings. The van der Waals surface area contributed by atoms with E-state index in [1.165, 1.54) is 0 Å². The molecular formula is C6H5N2S. The van der Waals surface area contributed by atoms with Gasteiger partial charge in [0.1, 0.15) is 5.49 Å². The molecule has 1 aromatic heterocycles. The van der Waals surface area contributed by atoms with Gasteiger partial charge in [-0.2, -0.15) is 0 Å². The van der Waals surface area contributed by atoms with Gasteiger partial charge in [-0.15, -0.1) is 0 Å². The van der Waals surface area contributed by atoms with Crippen LogP contribution < -0.4 is 5.32 Å².